The van der Waals surface area contributed by atoms with Crippen LogP contribution in [0.5, 0.6) is 11.5 Å². The summed E-state index contributed by atoms with van der Waals surface area (Å²) in [6, 6.07) is 5.23. The van der Waals surface area contributed by atoms with E-state index >= 15 is 0 Å². The summed E-state index contributed by atoms with van der Waals surface area (Å²) in [5.41, 5.74) is 2.05. The van der Waals surface area contributed by atoms with Crippen molar-refractivity contribution in [2.75, 3.05) is 6.61 Å². The van der Waals surface area contributed by atoms with Gasteiger partial charge >= 0.3 is 0 Å². The van der Waals surface area contributed by atoms with E-state index in [0.29, 0.717) is 60.5 Å². The molecule has 2 aliphatic rings. The molecule has 4 rings (SSSR count). The van der Waals surface area contributed by atoms with Crippen LogP contribution in [0.15, 0.2) is 30.9 Å². The van der Waals surface area contributed by atoms with Gasteiger partial charge < -0.3 is 9.47 Å². The maximum Gasteiger partial charge on any atom is 0.201 e. The first kappa shape index (κ1) is 21.0. The molecule has 1 saturated heterocycles. The standard InChI is InChI=1S/C25H27F3O2/c1-3-5-16-7-8-18-13-19-12-17(9-11-20-10-6-15(4-2)14-29-20)21(26)23(28)25(19)30-24(18)22(16)27/h4,7-8,12,15,20H,2-3,5-6,9-11,13-14H2,1H3. The van der Waals surface area contributed by atoms with Gasteiger partial charge in [0.05, 0.1) is 12.7 Å². The number of aryl methyl sites for hydroxylation is 2. The smallest absolute Gasteiger partial charge is 0.201 e. The molecule has 2 aliphatic heterocycles. The highest BCUT2D eigenvalue weighted by molar-refractivity contribution is 5.53. The Kier molecular flexibility index (Phi) is 6.19. The first-order chi connectivity index (χ1) is 14.5. The maximum absolute atomic E-state index is 14.8. The van der Waals surface area contributed by atoms with Gasteiger partial charge in [-0.05, 0) is 49.3 Å². The van der Waals surface area contributed by atoms with Gasteiger partial charge in [-0.1, -0.05) is 31.6 Å². The van der Waals surface area contributed by atoms with Crippen LogP contribution >= 0.6 is 0 Å². The summed E-state index contributed by atoms with van der Waals surface area (Å²) < 4.78 is 55.7. The maximum atomic E-state index is 14.8. The van der Waals surface area contributed by atoms with Gasteiger partial charge in [0.15, 0.2) is 23.1 Å². The molecule has 0 N–H and O–H groups in total. The zero-order valence-electron chi connectivity index (χ0n) is 17.3. The normalized spacial score (nSPS) is 20.3. The predicted octanol–water partition coefficient (Wildman–Crippen LogP) is 6.67. The average molecular weight is 416 g/mol. The highest BCUT2D eigenvalue weighted by atomic mass is 19.2. The van der Waals surface area contributed by atoms with E-state index in [4.69, 9.17) is 9.47 Å². The Hall–Kier alpha value is -2.27. The summed E-state index contributed by atoms with van der Waals surface area (Å²) in [5, 5.41) is 0. The first-order valence-corrected chi connectivity index (χ1v) is 10.7. The number of rotatable bonds is 6. The summed E-state index contributed by atoms with van der Waals surface area (Å²) in [5.74, 6) is -2.23. The summed E-state index contributed by atoms with van der Waals surface area (Å²) in [4.78, 5) is 0. The molecule has 2 nitrogen and oxygen atoms in total. The zero-order chi connectivity index (χ0) is 21.3. The third-order valence-electron chi connectivity index (χ3n) is 6.15. The van der Waals surface area contributed by atoms with Crippen LogP contribution in [0.1, 0.15) is 54.9 Å². The monoisotopic (exact) mass is 416 g/mol. The van der Waals surface area contributed by atoms with Gasteiger partial charge in [-0.15, -0.1) is 6.58 Å². The van der Waals surface area contributed by atoms with E-state index in [1.165, 1.54) is 0 Å². The number of hydrogen-bond donors (Lipinski definition) is 0. The number of fused-ring (bicyclic) bond motifs is 2. The van der Waals surface area contributed by atoms with Crippen molar-refractivity contribution < 1.29 is 22.6 Å². The van der Waals surface area contributed by atoms with Crippen molar-refractivity contribution >= 4 is 0 Å². The molecule has 0 aliphatic carbocycles. The Balaban J connectivity index is 1.53. The van der Waals surface area contributed by atoms with Crippen LogP contribution in [0.3, 0.4) is 0 Å². The molecule has 2 heterocycles. The molecule has 2 unspecified atom stereocenters. The lowest BCUT2D eigenvalue weighted by Crippen LogP contribution is -2.25. The van der Waals surface area contributed by atoms with E-state index in [9.17, 15) is 13.2 Å². The van der Waals surface area contributed by atoms with Crippen molar-refractivity contribution in [3.63, 3.8) is 0 Å². The number of hydrogen-bond acceptors (Lipinski definition) is 2. The van der Waals surface area contributed by atoms with Gasteiger partial charge in [0, 0.05) is 23.5 Å². The van der Waals surface area contributed by atoms with Gasteiger partial charge in [-0.25, -0.2) is 8.78 Å². The number of benzene rings is 2. The minimum atomic E-state index is -1.04. The minimum absolute atomic E-state index is 0.0203. The van der Waals surface area contributed by atoms with Gasteiger partial charge in [0.1, 0.15) is 0 Å². The van der Waals surface area contributed by atoms with Crippen molar-refractivity contribution in [2.24, 2.45) is 5.92 Å². The van der Waals surface area contributed by atoms with E-state index < -0.39 is 17.5 Å². The summed E-state index contributed by atoms with van der Waals surface area (Å²) >= 11 is 0. The third-order valence-corrected chi connectivity index (χ3v) is 6.15. The highest BCUT2D eigenvalue weighted by Gasteiger charge is 2.28. The molecule has 0 radical (unpaired) electrons. The lowest BCUT2D eigenvalue weighted by atomic mass is 9.92. The second kappa shape index (κ2) is 8.84. The molecular formula is C25H27F3O2. The summed E-state index contributed by atoms with van der Waals surface area (Å²) in [6.45, 7) is 6.38. The Labute approximate surface area is 175 Å². The van der Waals surface area contributed by atoms with Gasteiger partial charge in [0.25, 0.3) is 0 Å². The van der Waals surface area contributed by atoms with Crippen LogP contribution in [0.25, 0.3) is 0 Å². The van der Waals surface area contributed by atoms with Crippen molar-refractivity contribution in [3.05, 3.63) is 70.6 Å². The zero-order valence-corrected chi connectivity index (χ0v) is 17.3. The van der Waals surface area contributed by atoms with Crippen LogP contribution in [0.4, 0.5) is 13.2 Å². The molecule has 2 aromatic carbocycles. The van der Waals surface area contributed by atoms with E-state index in [-0.39, 0.29) is 17.6 Å². The number of halogens is 3. The molecule has 5 heteroatoms. The Morgan fingerprint density at radius 1 is 1.00 bits per heavy atom. The average Bonchev–Trinajstić information content (AvgIpc) is 2.77. The molecule has 1 fully saturated rings. The van der Waals surface area contributed by atoms with Gasteiger partial charge in [-0.3, -0.25) is 0 Å². The molecule has 2 atom stereocenters. The van der Waals surface area contributed by atoms with E-state index in [0.717, 1.165) is 19.3 Å². The van der Waals surface area contributed by atoms with Gasteiger partial charge in [0.2, 0.25) is 5.82 Å². The van der Waals surface area contributed by atoms with Crippen LogP contribution in [0, 0.1) is 23.4 Å². The van der Waals surface area contributed by atoms with E-state index in [1.807, 2.05) is 19.1 Å². The second-order valence-electron chi connectivity index (χ2n) is 8.27. The van der Waals surface area contributed by atoms with Crippen molar-refractivity contribution in [3.8, 4) is 11.5 Å². The van der Waals surface area contributed by atoms with Gasteiger partial charge in [-0.2, -0.15) is 4.39 Å². The molecule has 2 aromatic rings. The molecule has 0 saturated carbocycles. The molecule has 0 spiro atoms. The van der Waals surface area contributed by atoms with Crippen LogP contribution in [-0.2, 0) is 24.0 Å². The van der Waals surface area contributed by atoms with Crippen LogP contribution in [-0.4, -0.2) is 12.7 Å². The first-order valence-electron chi connectivity index (χ1n) is 10.7. The van der Waals surface area contributed by atoms with Crippen molar-refractivity contribution in [1.82, 2.24) is 0 Å². The Morgan fingerprint density at radius 3 is 2.50 bits per heavy atom. The fourth-order valence-corrected chi connectivity index (χ4v) is 4.36. The van der Waals surface area contributed by atoms with Crippen LogP contribution < -0.4 is 4.74 Å². The summed E-state index contributed by atoms with van der Waals surface area (Å²) in [6.07, 6.45) is 6.54. The van der Waals surface area contributed by atoms with Crippen LogP contribution in [0.2, 0.25) is 0 Å². The molecular weight excluding hydrogens is 389 g/mol. The van der Waals surface area contributed by atoms with Crippen molar-refractivity contribution in [1.29, 1.82) is 0 Å². The Morgan fingerprint density at radius 2 is 1.80 bits per heavy atom. The quantitative estimate of drug-likeness (QED) is 0.418. The van der Waals surface area contributed by atoms with Crippen molar-refractivity contribution in [2.45, 2.75) is 58.0 Å². The molecule has 0 bridgehead atoms. The highest BCUT2D eigenvalue weighted by Crippen LogP contribution is 2.42. The molecule has 30 heavy (non-hydrogen) atoms. The lowest BCUT2D eigenvalue weighted by molar-refractivity contribution is -0.00790. The molecule has 0 aromatic heterocycles. The molecule has 0 amide bonds. The Bertz CT molecular complexity index is 946. The second-order valence-corrected chi connectivity index (χ2v) is 8.27. The largest absolute Gasteiger partial charge is 0.450 e. The fraction of sp³-hybridized carbons (Fsp3) is 0.440. The number of ether oxygens (including phenoxy) is 2. The predicted molar refractivity (Wildman–Crippen MR) is 111 cm³/mol. The minimum Gasteiger partial charge on any atom is -0.450 e. The summed E-state index contributed by atoms with van der Waals surface area (Å²) in [7, 11) is 0. The fourth-order valence-electron chi connectivity index (χ4n) is 4.36. The van der Waals surface area contributed by atoms with E-state index in [2.05, 4.69) is 6.58 Å². The lowest BCUT2D eigenvalue weighted by Gasteiger charge is -2.27. The topological polar surface area (TPSA) is 18.5 Å². The molecule has 160 valence electrons. The third kappa shape index (κ3) is 4.00. The SMILES string of the molecule is C=CC1CCC(CCc2cc3c(c(F)c2F)Oc2c(ccc(CCC)c2F)C3)OC1. The van der Waals surface area contributed by atoms with E-state index in [1.54, 1.807) is 12.1 Å².